The number of rotatable bonds is 4. The van der Waals surface area contributed by atoms with Crippen LogP contribution in [0.5, 0.6) is 0 Å². The molecule has 2 unspecified atom stereocenters. The predicted octanol–water partition coefficient (Wildman–Crippen LogP) is 3.34. The minimum absolute atomic E-state index is 0.252. The van der Waals surface area contributed by atoms with Crippen molar-refractivity contribution in [3.63, 3.8) is 0 Å². The number of halogens is 1. The van der Waals surface area contributed by atoms with Crippen molar-refractivity contribution in [3.8, 4) is 0 Å². The molecule has 1 heterocycles. The molecule has 0 aromatic heterocycles. The highest BCUT2D eigenvalue weighted by Crippen LogP contribution is 2.28. The van der Waals surface area contributed by atoms with E-state index in [-0.39, 0.29) is 18.8 Å². The smallest absolute Gasteiger partial charge is 0.102 e. The summed E-state index contributed by atoms with van der Waals surface area (Å²) < 4.78 is 12.9. The molecule has 3 heteroatoms. The van der Waals surface area contributed by atoms with Gasteiger partial charge in [0.05, 0.1) is 0 Å². The summed E-state index contributed by atoms with van der Waals surface area (Å²) in [7, 11) is 0. The lowest BCUT2D eigenvalue weighted by Gasteiger charge is -2.40. The number of hydrogen-bond acceptors (Lipinski definition) is 2. The SMILES string of the molecule is FCCN1CC(c2ccccc2)NCC1c1ccccc1. The van der Waals surface area contributed by atoms with E-state index in [1.807, 2.05) is 24.3 Å². The van der Waals surface area contributed by atoms with Gasteiger partial charge in [-0.1, -0.05) is 60.7 Å². The maximum atomic E-state index is 12.9. The van der Waals surface area contributed by atoms with Crippen LogP contribution in [0.15, 0.2) is 60.7 Å². The zero-order valence-electron chi connectivity index (χ0n) is 12.1. The first-order valence-corrected chi connectivity index (χ1v) is 7.52. The third-order valence-electron chi connectivity index (χ3n) is 4.17. The molecule has 1 saturated heterocycles. The van der Waals surface area contributed by atoms with E-state index >= 15 is 0 Å². The molecule has 1 fully saturated rings. The molecule has 2 nitrogen and oxygen atoms in total. The first-order chi connectivity index (χ1) is 10.4. The van der Waals surface area contributed by atoms with E-state index < -0.39 is 0 Å². The van der Waals surface area contributed by atoms with E-state index in [9.17, 15) is 4.39 Å². The molecular weight excluding hydrogens is 263 g/mol. The maximum absolute atomic E-state index is 12.9. The summed E-state index contributed by atoms with van der Waals surface area (Å²) >= 11 is 0. The van der Waals surface area contributed by atoms with Crippen LogP contribution >= 0.6 is 0 Å². The Bertz CT molecular complexity index is 544. The fourth-order valence-corrected chi connectivity index (χ4v) is 3.08. The van der Waals surface area contributed by atoms with Crippen LogP contribution in [0.1, 0.15) is 23.2 Å². The number of piperazine rings is 1. The lowest BCUT2D eigenvalue weighted by molar-refractivity contribution is 0.121. The number of benzene rings is 2. The molecule has 3 rings (SSSR count). The third kappa shape index (κ3) is 3.31. The zero-order valence-corrected chi connectivity index (χ0v) is 12.1. The van der Waals surface area contributed by atoms with Crippen LogP contribution in [0.25, 0.3) is 0 Å². The number of nitrogens with one attached hydrogen (secondary N) is 1. The second-order valence-corrected chi connectivity index (χ2v) is 5.48. The highest BCUT2D eigenvalue weighted by molar-refractivity contribution is 5.24. The molecule has 1 aliphatic heterocycles. The van der Waals surface area contributed by atoms with Crippen LogP contribution in [-0.2, 0) is 0 Å². The Kier molecular flexibility index (Phi) is 4.63. The summed E-state index contributed by atoms with van der Waals surface area (Å²) in [6.45, 7) is 1.88. The topological polar surface area (TPSA) is 15.3 Å². The van der Waals surface area contributed by atoms with Crippen LogP contribution < -0.4 is 5.32 Å². The molecule has 0 amide bonds. The molecule has 0 aliphatic carbocycles. The van der Waals surface area contributed by atoms with Gasteiger partial charge in [-0.3, -0.25) is 4.90 Å². The van der Waals surface area contributed by atoms with Crippen LogP contribution in [0.4, 0.5) is 4.39 Å². The van der Waals surface area contributed by atoms with E-state index in [1.54, 1.807) is 0 Å². The van der Waals surface area contributed by atoms with Crippen molar-refractivity contribution in [2.45, 2.75) is 12.1 Å². The number of hydrogen-bond donors (Lipinski definition) is 1. The van der Waals surface area contributed by atoms with Gasteiger partial charge >= 0.3 is 0 Å². The summed E-state index contributed by atoms with van der Waals surface area (Å²) in [6.07, 6.45) is 0. The highest BCUT2D eigenvalue weighted by atomic mass is 19.1. The quantitative estimate of drug-likeness (QED) is 0.926. The van der Waals surface area contributed by atoms with Gasteiger partial charge < -0.3 is 5.32 Å². The Balaban J connectivity index is 1.77. The zero-order chi connectivity index (χ0) is 14.5. The largest absolute Gasteiger partial charge is 0.307 e. The number of nitrogens with zero attached hydrogens (tertiary/aromatic N) is 1. The molecule has 2 atom stereocenters. The molecular formula is C18H21FN2. The van der Waals surface area contributed by atoms with Gasteiger partial charge in [-0.15, -0.1) is 0 Å². The lowest BCUT2D eigenvalue weighted by atomic mass is 9.97. The Morgan fingerprint density at radius 2 is 1.57 bits per heavy atom. The molecule has 1 aliphatic rings. The van der Waals surface area contributed by atoms with E-state index in [4.69, 9.17) is 0 Å². The first-order valence-electron chi connectivity index (χ1n) is 7.52. The van der Waals surface area contributed by atoms with Gasteiger partial charge in [0, 0.05) is 31.7 Å². The van der Waals surface area contributed by atoms with Gasteiger partial charge in [0.2, 0.25) is 0 Å². The van der Waals surface area contributed by atoms with Crippen molar-refractivity contribution < 1.29 is 4.39 Å². The molecule has 0 radical (unpaired) electrons. The van der Waals surface area contributed by atoms with E-state index in [0.29, 0.717) is 6.54 Å². The molecule has 1 N–H and O–H groups in total. The Labute approximate surface area is 125 Å². The van der Waals surface area contributed by atoms with E-state index in [1.165, 1.54) is 11.1 Å². The second kappa shape index (κ2) is 6.83. The standard InChI is InChI=1S/C18H21FN2/c19-11-12-21-14-17(15-7-3-1-4-8-15)20-13-18(21)16-9-5-2-6-10-16/h1-10,17-18,20H,11-14H2. The lowest BCUT2D eigenvalue weighted by Crippen LogP contribution is -2.48. The third-order valence-corrected chi connectivity index (χ3v) is 4.17. The van der Waals surface area contributed by atoms with Crippen molar-refractivity contribution >= 4 is 0 Å². The molecule has 0 spiro atoms. The molecule has 2 aromatic carbocycles. The molecule has 2 aromatic rings. The fourth-order valence-electron chi connectivity index (χ4n) is 3.08. The predicted molar refractivity (Wildman–Crippen MR) is 83.9 cm³/mol. The maximum Gasteiger partial charge on any atom is 0.102 e. The van der Waals surface area contributed by atoms with Gasteiger partial charge in [0.1, 0.15) is 6.67 Å². The Morgan fingerprint density at radius 1 is 0.952 bits per heavy atom. The van der Waals surface area contributed by atoms with Crippen LogP contribution in [0.2, 0.25) is 0 Å². The summed E-state index contributed by atoms with van der Waals surface area (Å²) in [5, 5.41) is 3.61. The van der Waals surface area contributed by atoms with Crippen molar-refractivity contribution in [1.29, 1.82) is 0 Å². The molecule has 21 heavy (non-hydrogen) atoms. The van der Waals surface area contributed by atoms with E-state index in [0.717, 1.165) is 13.1 Å². The highest BCUT2D eigenvalue weighted by Gasteiger charge is 2.29. The molecule has 0 bridgehead atoms. The summed E-state index contributed by atoms with van der Waals surface area (Å²) in [4.78, 5) is 2.25. The minimum Gasteiger partial charge on any atom is -0.307 e. The van der Waals surface area contributed by atoms with Crippen molar-refractivity contribution in [1.82, 2.24) is 10.2 Å². The summed E-state index contributed by atoms with van der Waals surface area (Å²) in [5.41, 5.74) is 2.53. The van der Waals surface area contributed by atoms with Gasteiger partial charge in [-0.2, -0.15) is 0 Å². The average molecular weight is 284 g/mol. The summed E-state index contributed by atoms with van der Waals surface area (Å²) in [5.74, 6) is 0. The minimum atomic E-state index is -0.301. The monoisotopic (exact) mass is 284 g/mol. The Hall–Kier alpha value is -1.71. The van der Waals surface area contributed by atoms with Crippen LogP contribution in [0.3, 0.4) is 0 Å². The number of alkyl halides is 1. The van der Waals surface area contributed by atoms with Crippen molar-refractivity contribution in [3.05, 3.63) is 71.8 Å². The normalized spacial score (nSPS) is 23.1. The summed E-state index contributed by atoms with van der Waals surface area (Å²) in [6, 6.07) is 21.3. The Morgan fingerprint density at radius 3 is 2.19 bits per heavy atom. The van der Waals surface area contributed by atoms with E-state index in [2.05, 4.69) is 46.6 Å². The van der Waals surface area contributed by atoms with Gasteiger partial charge in [0.15, 0.2) is 0 Å². The second-order valence-electron chi connectivity index (χ2n) is 5.48. The first kappa shape index (κ1) is 14.2. The van der Waals surface area contributed by atoms with Gasteiger partial charge in [-0.25, -0.2) is 4.39 Å². The van der Waals surface area contributed by atoms with Crippen LogP contribution in [-0.4, -0.2) is 31.2 Å². The van der Waals surface area contributed by atoms with Gasteiger partial charge in [-0.05, 0) is 11.1 Å². The van der Waals surface area contributed by atoms with Crippen LogP contribution in [0, 0.1) is 0 Å². The van der Waals surface area contributed by atoms with Crippen molar-refractivity contribution in [2.24, 2.45) is 0 Å². The average Bonchev–Trinajstić information content (AvgIpc) is 2.57. The molecule has 110 valence electrons. The van der Waals surface area contributed by atoms with Gasteiger partial charge in [0.25, 0.3) is 0 Å². The fraction of sp³-hybridized carbons (Fsp3) is 0.333. The van der Waals surface area contributed by atoms with Crippen molar-refractivity contribution in [2.75, 3.05) is 26.3 Å². The molecule has 0 saturated carbocycles.